The number of anilines is 1. The first kappa shape index (κ1) is 15.1. The van der Waals surface area contributed by atoms with Crippen molar-refractivity contribution in [3.8, 4) is 0 Å². The van der Waals surface area contributed by atoms with Crippen LogP contribution in [0.2, 0.25) is 5.02 Å². The Morgan fingerprint density at radius 2 is 1.81 bits per heavy atom. The molecule has 21 heavy (non-hydrogen) atoms. The van der Waals surface area contributed by atoms with Gasteiger partial charge in [0, 0.05) is 17.3 Å². The smallest absolute Gasteiger partial charge is 0.319 e. The summed E-state index contributed by atoms with van der Waals surface area (Å²) in [5, 5.41) is 6.16. The molecule has 0 aliphatic rings. The lowest BCUT2D eigenvalue weighted by atomic mass is 10.1. The fourth-order valence-corrected chi connectivity index (χ4v) is 2.01. The van der Waals surface area contributed by atoms with E-state index in [1.807, 2.05) is 67.6 Å². The normalized spacial score (nSPS) is 10.6. The molecule has 0 spiro atoms. The topological polar surface area (TPSA) is 41.1 Å². The van der Waals surface area contributed by atoms with Crippen molar-refractivity contribution in [2.75, 3.05) is 11.9 Å². The van der Waals surface area contributed by atoms with Crippen LogP contribution < -0.4 is 10.6 Å². The Morgan fingerprint density at radius 3 is 2.48 bits per heavy atom. The van der Waals surface area contributed by atoms with Crippen molar-refractivity contribution in [1.29, 1.82) is 0 Å². The molecule has 108 valence electrons. The van der Waals surface area contributed by atoms with Crippen LogP contribution in [-0.2, 0) is 0 Å². The highest BCUT2D eigenvalue weighted by atomic mass is 35.5. The van der Waals surface area contributed by atoms with Crippen molar-refractivity contribution in [2.24, 2.45) is 0 Å². The van der Waals surface area contributed by atoms with Gasteiger partial charge in [-0.2, -0.15) is 0 Å². The summed E-state index contributed by atoms with van der Waals surface area (Å²) < 4.78 is 0. The lowest BCUT2D eigenvalue weighted by Gasteiger charge is -2.05. The van der Waals surface area contributed by atoms with Crippen LogP contribution in [0.1, 0.15) is 18.1 Å². The van der Waals surface area contributed by atoms with Crippen LogP contribution in [0.3, 0.4) is 0 Å². The van der Waals surface area contributed by atoms with Gasteiger partial charge in [-0.25, -0.2) is 4.79 Å². The first-order valence-corrected chi connectivity index (χ1v) is 7.14. The Bertz CT molecular complexity index is 635. The second-order valence-corrected chi connectivity index (χ2v) is 4.93. The first-order chi connectivity index (χ1) is 10.2. The number of halogens is 1. The standard InChI is InChI=1S/C17H17ClN2O/c1-2-19-17(21)20-16-10-8-13(9-11-16)6-7-14-4-3-5-15(18)12-14/h3-12H,2H2,1H3,(H2,19,20,21)/b7-6+. The monoisotopic (exact) mass is 300 g/mol. The highest BCUT2D eigenvalue weighted by Gasteiger charge is 1.98. The predicted molar refractivity (Wildman–Crippen MR) is 89.5 cm³/mol. The molecule has 0 heterocycles. The third kappa shape index (κ3) is 4.97. The van der Waals surface area contributed by atoms with E-state index >= 15 is 0 Å². The summed E-state index contributed by atoms with van der Waals surface area (Å²) in [5.74, 6) is 0. The van der Waals surface area contributed by atoms with Crippen LogP contribution in [0.25, 0.3) is 12.2 Å². The van der Waals surface area contributed by atoms with Gasteiger partial charge in [-0.1, -0.05) is 48.0 Å². The van der Waals surface area contributed by atoms with E-state index in [1.165, 1.54) is 0 Å². The van der Waals surface area contributed by atoms with E-state index in [0.29, 0.717) is 6.54 Å². The van der Waals surface area contributed by atoms with Gasteiger partial charge in [0.1, 0.15) is 0 Å². The fraction of sp³-hybridized carbons (Fsp3) is 0.118. The molecular weight excluding hydrogens is 284 g/mol. The summed E-state index contributed by atoms with van der Waals surface area (Å²) >= 11 is 5.94. The number of carbonyl (C=O) groups excluding carboxylic acids is 1. The Balaban J connectivity index is 2.00. The first-order valence-electron chi connectivity index (χ1n) is 6.76. The zero-order chi connectivity index (χ0) is 15.1. The molecule has 2 aromatic rings. The number of carbonyl (C=O) groups is 1. The van der Waals surface area contributed by atoms with E-state index < -0.39 is 0 Å². The highest BCUT2D eigenvalue weighted by Crippen LogP contribution is 2.15. The minimum Gasteiger partial charge on any atom is -0.338 e. The van der Waals surface area contributed by atoms with Gasteiger partial charge >= 0.3 is 6.03 Å². The zero-order valence-electron chi connectivity index (χ0n) is 11.8. The van der Waals surface area contributed by atoms with Gasteiger partial charge < -0.3 is 10.6 Å². The highest BCUT2D eigenvalue weighted by molar-refractivity contribution is 6.30. The molecule has 4 heteroatoms. The number of amides is 2. The average molecular weight is 301 g/mol. The molecule has 3 nitrogen and oxygen atoms in total. The molecule has 0 atom stereocenters. The minimum atomic E-state index is -0.195. The summed E-state index contributed by atoms with van der Waals surface area (Å²) in [6, 6.07) is 15.1. The average Bonchev–Trinajstić information content (AvgIpc) is 2.47. The molecule has 0 bridgehead atoms. The summed E-state index contributed by atoms with van der Waals surface area (Å²) in [7, 11) is 0. The molecule has 2 aromatic carbocycles. The summed E-state index contributed by atoms with van der Waals surface area (Å²) in [4.78, 5) is 11.4. The Hall–Kier alpha value is -2.26. The summed E-state index contributed by atoms with van der Waals surface area (Å²) in [6.45, 7) is 2.48. The maximum Gasteiger partial charge on any atom is 0.319 e. The van der Waals surface area contributed by atoms with Gasteiger partial charge in [0.25, 0.3) is 0 Å². The largest absolute Gasteiger partial charge is 0.338 e. The molecule has 2 amide bonds. The minimum absolute atomic E-state index is 0.195. The molecule has 0 radical (unpaired) electrons. The number of nitrogens with one attached hydrogen (secondary N) is 2. The van der Waals surface area contributed by atoms with Crippen LogP contribution in [0.15, 0.2) is 48.5 Å². The molecule has 0 aliphatic carbocycles. The number of rotatable bonds is 4. The molecule has 2 N–H and O–H groups in total. The SMILES string of the molecule is CCNC(=O)Nc1ccc(/C=C/c2cccc(Cl)c2)cc1. The maximum atomic E-state index is 11.4. The zero-order valence-corrected chi connectivity index (χ0v) is 12.5. The summed E-state index contributed by atoms with van der Waals surface area (Å²) in [6.07, 6.45) is 4.00. The molecule has 0 fully saturated rings. The number of hydrogen-bond donors (Lipinski definition) is 2. The number of urea groups is 1. The van der Waals surface area contributed by atoms with Crippen molar-refractivity contribution >= 4 is 35.5 Å². The van der Waals surface area contributed by atoms with Crippen molar-refractivity contribution in [2.45, 2.75) is 6.92 Å². The van der Waals surface area contributed by atoms with Crippen molar-refractivity contribution in [3.63, 3.8) is 0 Å². The quantitative estimate of drug-likeness (QED) is 0.793. The maximum absolute atomic E-state index is 11.4. The fourth-order valence-electron chi connectivity index (χ4n) is 1.82. The van der Waals surface area contributed by atoms with Gasteiger partial charge in [0.2, 0.25) is 0 Å². The number of benzene rings is 2. The molecule has 0 aromatic heterocycles. The van der Waals surface area contributed by atoms with Crippen LogP contribution in [0, 0.1) is 0 Å². The summed E-state index contributed by atoms with van der Waals surface area (Å²) in [5.41, 5.74) is 2.87. The Kier molecular flexibility index (Phi) is 5.41. The predicted octanol–water partition coefficient (Wildman–Crippen LogP) is 4.65. The number of hydrogen-bond acceptors (Lipinski definition) is 1. The molecule has 0 aliphatic heterocycles. The molecule has 0 unspecified atom stereocenters. The van der Waals surface area contributed by atoms with Crippen LogP contribution in [0.5, 0.6) is 0 Å². The molecular formula is C17H17ClN2O. The van der Waals surface area contributed by atoms with Crippen molar-refractivity contribution in [3.05, 3.63) is 64.7 Å². The van der Waals surface area contributed by atoms with E-state index in [4.69, 9.17) is 11.6 Å². The third-order valence-corrected chi connectivity index (χ3v) is 3.06. The van der Waals surface area contributed by atoms with E-state index in [9.17, 15) is 4.79 Å². The van der Waals surface area contributed by atoms with E-state index in [1.54, 1.807) is 0 Å². The Morgan fingerprint density at radius 1 is 1.10 bits per heavy atom. The van der Waals surface area contributed by atoms with Gasteiger partial charge in [-0.3, -0.25) is 0 Å². The lowest BCUT2D eigenvalue weighted by molar-refractivity contribution is 0.252. The second kappa shape index (κ2) is 7.50. The van der Waals surface area contributed by atoms with Crippen molar-refractivity contribution < 1.29 is 4.79 Å². The molecule has 0 saturated carbocycles. The second-order valence-electron chi connectivity index (χ2n) is 4.49. The van der Waals surface area contributed by atoms with Gasteiger partial charge in [-0.05, 0) is 42.3 Å². The van der Waals surface area contributed by atoms with E-state index in [-0.39, 0.29) is 6.03 Å². The Labute approximate surface area is 129 Å². The van der Waals surface area contributed by atoms with Crippen LogP contribution in [-0.4, -0.2) is 12.6 Å². The lowest BCUT2D eigenvalue weighted by Crippen LogP contribution is -2.28. The van der Waals surface area contributed by atoms with Crippen LogP contribution in [0.4, 0.5) is 10.5 Å². The van der Waals surface area contributed by atoms with Gasteiger partial charge in [-0.15, -0.1) is 0 Å². The molecule has 0 saturated heterocycles. The van der Waals surface area contributed by atoms with E-state index in [0.717, 1.165) is 21.8 Å². The molecule has 2 rings (SSSR count). The van der Waals surface area contributed by atoms with Crippen LogP contribution >= 0.6 is 11.6 Å². The van der Waals surface area contributed by atoms with Crippen molar-refractivity contribution in [1.82, 2.24) is 5.32 Å². The van der Waals surface area contributed by atoms with Gasteiger partial charge in [0.15, 0.2) is 0 Å². The van der Waals surface area contributed by atoms with Gasteiger partial charge in [0.05, 0.1) is 0 Å². The van der Waals surface area contributed by atoms with E-state index in [2.05, 4.69) is 10.6 Å². The third-order valence-electron chi connectivity index (χ3n) is 2.82.